The molecular weight excluding hydrogens is 601 g/mol. The van der Waals surface area contributed by atoms with Gasteiger partial charge in [0.1, 0.15) is 0 Å². The number of fused-ring (bicyclic) bond motifs is 6. The minimum atomic E-state index is 1.23. The van der Waals surface area contributed by atoms with Gasteiger partial charge in [0.25, 0.3) is 0 Å². The summed E-state index contributed by atoms with van der Waals surface area (Å²) in [6.07, 6.45) is 0. The second-order valence-electron chi connectivity index (χ2n) is 13.4. The van der Waals surface area contributed by atoms with Crippen LogP contribution in [-0.4, -0.2) is 0 Å². The van der Waals surface area contributed by atoms with Gasteiger partial charge in [-0.05, 0) is 137 Å². The molecular formula is C50H36. The molecule has 0 atom stereocenters. The molecule has 9 aromatic rings. The normalized spacial score (nSPS) is 11.4. The number of hydrogen-bond donors (Lipinski definition) is 0. The summed E-state index contributed by atoms with van der Waals surface area (Å²) in [6, 6.07) is 66.7. The molecule has 0 heterocycles. The van der Waals surface area contributed by atoms with Gasteiger partial charge in [0.2, 0.25) is 0 Å². The number of aryl methyl sites for hydroxylation is 2. The van der Waals surface area contributed by atoms with E-state index in [1.54, 1.807) is 0 Å². The van der Waals surface area contributed by atoms with Gasteiger partial charge < -0.3 is 0 Å². The first kappa shape index (κ1) is 29.9. The third-order valence-corrected chi connectivity index (χ3v) is 10.3. The molecule has 0 bridgehead atoms. The Morgan fingerprint density at radius 1 is 0.220 bits per heavy atom. The van der Waals surface area contributed by atoms with Crippen LogP contribution in [0.15, 0.2) is 182 Å². The average molecular weight is 637 g/mol. The van der Waals surface area contributed by atoms with Crippen LogP contribution in [0.5, 0.6) is 0 Å². The van der Waals surface area contributed by atoms with Crippen LogP contribution in [0.4, 0.5) is 0 Å². The first-order valence-electron chi connectivity index (χ1n) is 17.4. The molecule has 9 rings (SSSR count). The SMILES string of the molecule is Cc1cc(-c2cc(-c3ccccc3)cc(-c3ccccc3)c2)c(C)cc1-c1ccc(-c2ccc3c4ccccc4c4ccccc4c3c2)cc1. The molecule has 0 saturated heterocycles. The van der Waals surface area contributed by atoms with Gasteiger partial charge in [0.05, 0.1) is 0 Å². The van der Waals surface area contributed by atoms with Gasteiger partial charge in [-0.15, -0.1) is 0 Å². The predicted octanol–water partition coefficient (Wildman–Crippen LogP) is 14.1. The molecule has 0 radical (unpaired) electrons. The van der Waals surface area contributed by atoms with Gasteiger partial charge in [-0.3, -0.25) is 0 Å². The lowest BCUT2D eigenvalue weighted by Crippen LogP contribution is -1.92. The molecule has 0 saturated carbocycles. The van der Waals surface area contributed by atoms with Gasteiger partial charge in [-0.2, -0.15) is 0 Å². The minimum Gasteiger partial charge on any atom is -0.0622 e. The van der Waals surface area contributed by atoms with E-state index in [1.165, 1.54) is 99.1 Å². The summed E-state index contributed by atoms with van der Waals surface area (Å²) in [7, 11) is 0. The van der Waals surface area contributed by atoms with E-state index in [-0.39, 0.29) is 0 Å². The third kappa shape index (κ3) is 5.27. The lowest BCUT2D eigenvalue weighted by atomic mass is 9.88. The van der Waals surface area contributed by atoms with Crippen LogP contribution < -0.4 is 0 Å². The van der Waals surface area contributed by atoms with Crippen molar-refractivity contribution >= 4 is 32.3 Å². The van der Waals surface area contributed by atoms with Crippen molar-refractivity contribution in [3.8, 4) is 55.6 Å². The van der Waals surface area contributed by atoms with Gasteiger partial charge in [0, 0.05) is 0 Å². The highest BCUT2D eigenvalue weighted by Gasteiger charge is 2.14. The van der Waals surface area contributed by atoms with Crippen LogP contribution in [0, 0.1) is 13.8 Å². The summed E-state index contributed by atoms with van der Waals surface area (Å²) in [5.74, 6) is 0. The van der Waals surface area contributed by atoms with E-state index in [2.05, 4.69) is 196 Å². The Morgan fingerprint density at radius 3 is 1.10 bits per heavy atom. The Hall–Kier alpha value is -6.24. The van der Waals surface area contributed by atoms with E-state index < -0.39 is 0 Å². The lowest BCUT2D eigenvalue weighted by Gasteiger charge is -2.16. The first-order chi connectivity index (χ1) is 24.6. The van der Waals surface area contributed by atoms with Gasteiger partial charge in [-0.1, -0.05) is 158 Å². The highest BCUT2D eigenvalue weighted by Crippen LogP contribution is 2.39. The molecule has 0 heteroatoms. The third-order valence-electron chi connectivity index (χ3n) is 10.3. The number of hydrogen-bond acceptors (Lipinski definition) is 0. The van der Waals surface area contributed by atoms with E-state index in [9.17, 15) is 0 Å². The smallest absolute Gasteiger partial charge is 0.00928 e. The Balaban J connectivity index is 1.09. The molecule has 0 aliphatic heterocycles. The molecule has 9 aromatic carbocycles. The van der Waals surface area contributed by atoms with Crippen LogP contribution in [0.3, 0.4) is 0 Å². The lowest BCUT2D eigenvalue weighted by molar-refractivity contribution is 1.38. The van der Waals surface area contributed by atoms with E-state index in [0.29, 0.717) is 0 Å². The quantitative estimate of drug-likeness (QED) is 0.165. The van der Waals surface area contributed by atoms with Crippen LogP contribution >= 0.6 is 0 Å². The maximum Gasteiger partial charge on any atom is -0.00928 e. The molecule has 0 aliphatic carbocycles. The summed E-state index contributed by atoms with van der Waals surface area (Å²) < 4.78 is 0. The zero-order chi connectivity index (χ0) is 33.6. The van der Waals surface area contributed by atoms with Gasteiger partial charge >= 0.3 is 0 Å². The van der Waals surface area contributed by atoms with Gasteiger partial charge in [-0.25, -0.2) is 0 Å². The molecule has 50 heavy (non-hydrogen) atoms. The second kappa shape index (κ2) is 12.3. The Bertz CT molecular complexity index is 2590. The average Bonchev–Trinajstić information content (AvgIpc) is 3.19. The van der Waals surface area contributed by atoms with Crippen LogP contribution in [-0.2, 0) is 0 Å². The van der Waals surface area contributed by atoms with E-state index >= 15 is 0 Å². The summed E-state index contributed by atoms with van der Waals surface area (Å²) in [4.78, 5) is 0. The maximum atomic E-state index is 2.37. The molecule has 0 N–H and O–H groups in total. The van der Waals surface area contributed by atoms with E-state index in [1.807, 2.05) is 0 Å². The zero-order valence-electron chi connectivity index (χ0n) is 28.3. The van der Waals surface area contributed by atoms with Crippen molar-refractivity contribution in [1.29, 1.82) is 0 Å². The Labute approximate surface area is 293 Å². The molecule has 236 valence electrons. The monoisotopic (exact) mass is 636 g/mol. The van der Waals surface area contributed by atoms with Crippen molar-refractivity contribution in [2.24, 2.45) is 0 Å². The fourth-order valence-electron chi connectivity index (χ4n) is 7.75. The largest absolute Gasteiger partial charge is 0.0622 e. The van der Waals surface area contributed by atoms with Crippen molar-refractivity contribution in [1.82, 2.24) is 0 Å². The summed E-state index contributed by atoms with van der Waals surface area (Å²) in [6.45, 7) is 4.48. The molecule has 0 spiro atoms. The fraction of sp³-hybridized carbons (Fsp3) is 0.0400. The van der Waals surface area contributed by atoms with E-state index in [4.69, 9.17) is 0 Å². The molecule has 0 aromatic heterocycles. The van der Waals surface area contributed by atoms with Crippen molar-refractivity contribution in [3.63, 3.8) is 0 Å². The topological polar surface area (TPSA) is 0 Å². The highest BCUT2D eigenvalue weighted by atomic mass is 14.2. The molecule has 0 unspecified atom stereocenters. The fourth-order valence-corrected chi connectivity index (χ4v) is 7.75. The molecule has 0 fully saturated rings. The van der Waals surface area contributed by atoms with Crippen molar-refractivity contribution < 1.29 is 0 Å². The second-order valence-corrected chi connectivity index (χ2v) is 13.4. The van der Waals surface area contributed by atoms with Crippen molar-refractivity contribution in [2.45, 2.75) is 13.8 Å². The van der Waals surface area contributed by atoms with Crippen LogP contribution in [0.2, 0.25) is 0 Å². The standard InChI is InChI=1S/C50H36/c1-33-28-49(42-30-40(35-13-5-3-6-14-35)29-41(31-42)36-15-7-4-8-16-36)34(2)27-48(33)38-23-21-37(22-24-38)39-25-26-47-45-19-10-9-17-43(45)44-18-11-12-20-46(44)50(47)32-39/h3-32H,1-2H3. The number of benzene rings is 9. The predicted molar refractivity (Wildman–Crippen MR) is 216 cm³/mol. The van der Waals surface area contributed by atoms with Crippen LogP contribution in [0.1, 0.15) is 11.1 Å². The maximum absolute atomic E-state index is 2.37. The molecule has 0 nitrogen and oxygen atoms in total. The molecule has 0 aliphatic rings. The van der Waals surface area contributed by atoms with Crippen LogP contribution in [0.25, 0.3) is 88.0 Å². The van der Waals surface area contributed by atoms with Gasteiger partial charge in [0.15, 0.2) is 0 Å². The number of rotatable bonds is 5. The van der Waals surface area contributed by atoms with E-state index in [0.717, 1.165) is 0 Å². The summed E-state index contributed by atoms with van der Waals surface area (Å²) >= 11 is 0. The first-order valence-corrected chi connectivity index (χ1v) is 17.4. The zero-order valence-corrected chi connectivity index (χ0v) is 28.3. The Kier molecular flexibility index (Phi) is 7.37. The minimum absolute atomic E-state index is 1.23. The highest BCUT2D eigenvalue weighted by molar-refractivity contribution is 6.25. The van der Waals surface area contributed by atoms with Crippen molar-refractivity contribution in [3.05, 3.63) is 193 Å². The van der Waals surface area contributed by atoms with Crippen molar-refractivity contribution in [2.75, 3.05) is 0 Å². The molecule has 0 amide bonds. The Morgan fingerprint density at radius 2 is 0.580 bits per heavy atom. The summed E-state index contributed by atoms with van der Waals surface area (Å²) in [5, 5.41) is 7.83. The summed E-state index contributed by atoms with van der Waals surface area (Å²) in [5.41, 5.74) is 14.9.